The van der Waals surface area contributed by atoms with E-state index in [2.05, 4.69) is 57.0 Å². The second-order valence-electron chi connectivity index (χ2n) is 7.75. The molecule has 1 aromatic rings. The van der Waals surface area contributed by atoms with Gasteiger partial charge in [-0.2, -0.15) is 0 Å². The number of hydrazine groups is 1. The van der Waals surface area contributed by atoms with Crippen molar-refractivity contribution in [2.75, 3.05) is 33.7 Å². The highest BCUT2D eigenvalue weighted by Crippen LogP contribution is 2.22. The Morgan fingerprint density at radius 3 is 2.52 bits per heavy atom. The molecule has 0 spiro atoms. The van der Waals surface area contributed by atoms with Crippen LogP contribution in [0.15, 0.2) is 30.3 Å². The van der Waals surface area contributed by atoms with E-state index in [-0.39, 0.29) is 24.7 Å². The number of carbonyl (C=O) groups excluding carboxylic acids is 2. The number of amides is 2. The van der Waals surface area contributed by atoms with Crippen LogP contribution in [0.1, 0.15) is 45.1 Å². The normalized spacial score (nSPS) is 20.8. The highest BCUT2D eigenvalue weighted by Gasteiger charge is 2.39. The van der Waals surface area contributed by atoms with Crippen LogP contribution in [-0.2, 0) is 9.59 Å². The van der Waals surface area contributed by atoms with Gasteiger partial charge in [-0.1, -0.05) is 50.6 Å². The summed E-state index contributed by atoms with van der Waals surface area (Å²) in [6, 6.07) is 10.5. The molecule has 1 aromatic carbocycles. The Morgan fingerprint density at radius 1 is 1.26 bits per heavy atom. The minimum atomic E-state index is -0.275. The first-order valence-corrected chi connectivity index (χ1v) is 9.88. The summed E-state index contributed by atoms with van der Waals surface area (Å²) in [7, 11) is 3.86. The fourth-order valence-electron chi connectivity index (χ4n) is 4.01. The van der Waals surface area contributed by atoms with E-state index in [1.165, 1.54) is 5.56 Å². The van der Waals surface area contributed by atoms with E-state index in [4.69, 9.17) is 0 Å². The highest BCUT2D eigenvalue weighted by molar-refractivity contribution is 5.80. The zero-order valence-electron chi connectivity index (χ0n) is 17.3. The van der Waals surface area contributed by atoms with Crippen LogP contribution < -0.4 is 0 Å². The van der Waals surface area contributed by atoms with Gasteiger partial charge in [-0.25, -0.2) is 5.01 Å². The fourth-order valence-corrected chi connectivity index (χ4v) is 4.01. The molecule has 3 atom stereocenters. The predicted octanol–water partition coefficient (Wildman–Crippen LogP) is 2.38. The molecule has 1 aliphatic rings. The van der Waals surface area contributed by atoms with Crippen molar-refractivity contribution in [1.82, 2.24) is 19.8 Å². The summed E-state index contributed by atoms with van der Waals surface area (Å²) in [6.45, 7) is 8.14. The summed E-state index contributed by atoms with van der Waals surface area (Å²) in [5.41, 5.74) is 1.30. The molecule has 0 N–H and O–H groups in total. The summed E-state index contributed by atoms with van der Waals surface area (Å²) in [6.07, 6.45) is 2.51. The molecular formula is C21H34N4O2. The van der Waals surface area contributed by atoms with Gasteiger partial charge in [-0.3, -0.25) is 14.6 Å². The van der Waals surface area contributed by atoms with Crippen LogP contribution in [-0.4, -0.2) is 78.1 Å². The maximum atomic E-state index is 12.7. The Balaban J connectivity index is 2.13. The van der Waals surface area contributed by atoms with Crippen LogP contribution in [0.5, 0.6) is 0 Å². The minimum Gasteiger partial charge on any atom is -0.316 e. The molecule has 2 amide bonds. The van der Waals surface area contributed by atoms with Crippen LogP contribution >= 0.6 is 0 Å². The van der Waals surface area contributed by atoms with Crippen molar-refractivity contribution >= 4 is 12.3 Å². The molecule has 6 nitrogen and oxygen atoms in total. The Kier molecular flexibility index (Phi) is 7.80. The lowest BCUT2D eigenvalue weighted by molar-refractivity contribution is -0.183. The van der Waals surface area contributed by atoms with E-state index in [0.29, 0.717) is 12.5 Å². The van der Waals surface area contributed by atoms with Gasteiger partial charge in [0, 0.05) is 26.2 Å². The molecule has 150 valence electrons. The SMILES string of the molecule is CCC[C@@H](C)N1C(=O)CN(C)N(C=O)C1CN(C)CC(C)c1ccccc1. The summed E-state index contributed by atoms with van der Waals surface area (Å²) >= 11 is 0. The number of likely N-dealkylation sites (N-methyl/N-ethyl adjacent to an activating group) is 2. The Bertz CT molecular complexity index is 609. The monoisotopic (exact) mass is 374 g/mol. The lowest BCUT2D eigenvalue weighted by Crippen LogP contribution is -2.68. The zero-order chi connectivity index (χ0) is 20.0. The van der Waals surface area contributed by atoms with Crippen molar-refractivity contribution < 1.29 is 9.59 Å². The van der Waals surface area contributed by atoms with Gasteiger partial charge in [0.15, 0.2) is 0 Å². The van der Waals surface area contributed by atoms with Crippen molar-refractivity contribution in [3.05, 3.63) is 35.9 Å². The van der Waals surface area contributed by atoms with E-state index in [9.17, 15) is 9.59 Å². The van der Waals surface area contributed by atoms with Gasteiger partial charge in [0.05, 0.1) is 6.54 Å². The van der Waals surface area contributed by atoms with Gasteiger partial charge in [0.2, 0.25) is 12.3 Å². The maximum Gasteiger partial charge on any atom is 0.240 e. The third kappa shape index (κ3) is 5.30. The first kappa shape index (κ1) is 21.4. The molecule has 1 fully saturated rings. The molecule has 2 unspecified atom stereocenters. The number of rotatable bonds is 9. The Hall–Kier alpha value is -1.92. The predicted molar refractivity (Wildman–Crippen MR) is 108 cm³/mol. The Labute approximate surface area is 163 Å². The second kappa shape index (κ2) is 9.85. The number of hydrogen-bond acceptors (Lipinski definition) is 4. The summed E-state index contributed by atoms with van der Waals surface area (Å²) < 4.78 is 0. The van der Waals surface area contributed by atoms with Crippen molar-refractivity contribution in [1.29, 1.82) is 0 Å². The number of benzene rings is 1. The first-order chi connectivity index (χ1) is 12.9. The molecule has 0 bridgehead atoms. The van der Waals surface area contributed by atoms with Crippen molar-refractivity contribution in [3.8, 4) is 0 Å². The summed E-state index contributed by atoms with van der Waals surface area (Å²) in [5, 5.41) is 3.39. The van der Waals surface area contributed by atoms with E-state index in [1.54, 1.807) is 17.1 Å². The maximum absolute atomic E-state index is 12.7. The minimum absolute atomic E-state index is 0.0889. The molecule has 1 saturated heterocycles. The standard InChI is InChI=1S/C21H34N4O2/c1-6-10-18(3)25-20(24(16-26)23(5)15-21(25)27)14-22(4)13-17(2)19-11-8-7-9-12-19/h7-9,11-12,16-18,20H,6,10,13-15H2,1-5H3/t17?,18-,20?/m1/s1. The molecular weight excluding hydrogens is 340 g/mol. The van der Waals surface area contributed by atoms with Crippen LogP contribution in [0, 0.1) is 0 Å². The quantitative estimate of drug-likeness (QED) is 0.623. The van der Waals surface area contributed by atoms with Gasteiger partial charge in [0.1, 0.15) is 6.17 Å². The molecule has 6 heteroatoms. The molecule has 1 aliphatic heterocycles. The zero-order valence-corrected chi connectivity index (χ0v) is 17.3. The largest absolute Gasteiger partial charge is 0.316 e. The van der Waals surface area contributed by atoms with Crippen LogP contribution in [0.25, 0.3) is 0 Å². The van der Waals surface area contributed by atoms with Gasteiger partial charge >= 0.3 is 0 Å². The number of nitrogens with zero attached hydrogens (tertiary/aromatic N) is 4. The van der Waals surface area contributed by atoms with Gasteiger partial charge in [-0.15, -0.1) is 0 Å². The molecule has 0 aliphatic carbocycles. The van der Waals surface area contributed by atoms with Gasteiger partial charge in [0.25, 0.3) is 0 Å². The van der Waals surface area contributed by atoms with Gasteiger partial charge < -0.3 is 9.80 Å². The first-order valence-electron chi connectivity index (χ1n) is 9.88. The third-order valence-corrected chi connectivity index (χ3v) is 5.39. The molecule has 0 aromatic heterocycles. The van der Waals surface area contributed by atoms with E-state index >= 15 is 0 Å². The van der Waals surface area contributed by atoms with Crippen LogP contribution in [0.3, 0.4) is 0 Å². The molecule has 2 rings (SSSR count). The van der Waals surface area contributed by atoms with Crippen LogP contribution in [0.2, 0.25) is 0 Å². The molecule has 27 heavy (non-hydrogen) atoms. The smallest absolute Gasteiger partial charge is 0.240 e. The molecule has 1 heterocycles. The molecule has 0 saturated carbocycles. The van der Waals surface area contributed by atoms with Crippen molar-refractivity contribution in [2.24, 2.45) is 0 Å². The third-order valence-electron chi connectivity index (χ3n) is 5.39. The summed E-state index contributed by atoms with van der Waals surface area (Å²) in [5.74, 6) is 0.463. The lowest BCUT2D eigenvalue weighted by atomic mass is 10.0. The van der Waals surface area contributed by atoms with Crippen molar-refractivity contribution in [3.63, 3.8) is 0 Å². The van der Waals surface area contributed by atoms with E-state index in [0.717, 1.165) is 25.8 Å². The fraction of sp³-hybridized carbons (Fsp3) is 0.619. The number of carbonyl (C=O) groups is 2. The van der Waals surface area contributed by atoms with Gasteiger partial charge in [-0.05, 0) is 31.9 Å². The van der Waals surface area contributed by atoms with Crippen molar-refractivity contribution in [2.45, 2.75) is 51.7 Å². The average Bonchev–Trinajstić information content (AvgIpc) is 2.62. The van der Waals surface area contributed by atoms with E-state index in [1.807, 2.05) is 11.0 Å². The topological polar surface area (TPSA) is 47.1 Å². The highest BCUT2D eigenvalue weighted by atomic mass is 16.2. The number of hydrogen-bond donors (Lipinski definition) is 0. The lowest BCUT2D eigenvalue weighted by Gasteiger charge is -2.49. The average molecular weight is 375 g/mol. The van der Waals surface area contributed by atoms with Crippen LogP contribution in [0.4, 0.5) is 0 Å². The molecule has 0 radical (unpaired) electrons. The second-order valence-corrected chi connectivity index (χ2v) is 7.75. The summed E-state index contributed by atoms with van der Waals surface area (Å²) in [4.78, 5) is 28.6. The van der Waals surface area contributed by atoms with E-state index < -0.39 is 0 Å². The Morgan fingerprint density at radius 2 is 1.93 bits per heavy atom.